The minimum absolute atomic E-state index is 0.143. The molecule has 0 spiro atoms. The van der Waals surface area contributed by atoms with Crippen LogP contribution in [0.5, 0.6) is 0 Å². The maximum Gasteiger partial charge on any atom is 0.224 e. The highest BCUT2D eigenvalue weighted by molar-refractivity contribution is 5.78. The number of carbonyl (C=O) groups is 1. The Morgan fingerprint density at radius 3 is 2.57 bits per heavy atom. The lowest BCUT2D eigenvalue weighted by molar-refractivity contribution is -0.125. The van der Waals surface area contributed by atoms with Crippen LogP contribution in [-0.2, 0) is 9.53 Å². The molecule has 4 N–H and O–H groups in total. The van der Waals surface area contributed by atoms with E-state index in [1.54, 1.807) is 13.8 Å². The summed E-state index contributed by atoms with van der Waals surface area (Å²) in [5.74, 6) is -0.389. The van der Waals surface area contributed by atoms with Crippen molar-refractivity contribution in [3.8, 4) is 0 Å². The van der Waals surface area contributed by atoms with Crippen LogP contribution in [0.3, 0.4) is 0 Å². The Labute approximate surface area is 84.6 Å². The maximum atomic E-state index is 11.4. The molecule has 5 heteroatoms. The summed E-state index contributed by atoms with van der Waals surface area (Å²) in [7, 11) is 1.50. The van der Waals surface area contributed by atoms with Crippen LogP contribution in [-0.4, -0.2) is 43.4 Å². The second kappa shape index (κ2) is 6.75. The topological polar surface area (TPSA) is 84.6 Å². The molecular weight excluding hydrogens is 184 g/mol. The van der Waals surface area contributed by atoms with Crippen LogP contribution in [0.2, 0.25) is 0 Å². The number of ether oxygens (including phenoxy) is 1. The van der Waals surface area contributed by atoms with Crippen LogP contribution in [0.4, 0.5) is 0 Å². The molecule has 0 aromatic rings. The summed E-state index contributed by atoms with van der Waals surface area (Å²) in [6.45, 7) is 3.94. The Bertz CT molecular complexity index is 173. The van der Waals surface area contributed by atoms with Gasteiger partial charge in [0.2, 0.25) is 5.91 Å². The summed E-state index contributed by atoms with van der Waals surface area (Å²) in [5.41, 5.74) is 5.55. The van der Waals surface area contributed by atoms with Gasteiger partial charge in [0.1, 0.15) is 0 Å². The van der Waals surface area contributed by atoms with E-state index in [0.29, 0.717) is 0 Å². The fraction of sp³-hybridized carbons (Fsp3) is 0.889. The Hall–Kier alpha value is -0.650. The van der Waals surface area contributed by atoms with Crippen LogP contribution < -0.4 is 11.1 Å². The standard InChI is InChI=1S/C9H20N2O3/c1-6(7(2)10)9(13)11-4-8(12)5-14-3/h6-8,12H,4-5,10H2,1-3H3,(H,11,13). The van der Waals surface area contributed by atoms with Crippen LogP contribution in [0.15, 0.2) is 0 Å². The number of rotatable bonds is 6. The highest BCUT2D eigenvalue weighted by Gasteiger charge is 2.17. The van der Waals surface area contributed by atoms with Crippen molar-refractivity contribution in [2.45, 2.75) is 26.0 Å². The largest absolute Gasteiger partial charge is 0.389 e. The van der Waals surface area contributed by atoms with Gasteiger partial charge in [-0.05, 0) is 6.92 Å². The van der Waals surface area contributed by atoms with E-state index in [1.165, 1.54) is 7.11 Å². The molecule has 0 saturated carbocycles. The fourth-order valence-electron chi connectivity index (χ4n) is 0.869. The zero-order valence-corrected chi connectivity index (χ0v) is 8.99. The summed E-state index contributed by atoms with van der Waals surface area (Å²) in [6, 6.07) is -0.186. The van der Waals surface area contributed by atoms with Gasteiger partial charge in [0, 0.05) is 25.6 Å². The third kappa shape index (κ3) is 5.16. The summed E-state index contributed by atoms with van der Waals surface area (Å²) in [6.07, 6.45) is -0.663. The van der Waals surface area contributed by atoms with E-state index in [4.69, 9.17) is 10.5 Å². The number of aliphatic hydroxyl groups is 1. The van der Waals surface area contributed by atoms with Crippen molar-refractivity contribution in [1.29, 1.82) is 0 Å². The lowest BCUT2D eigenvalue weighted by Crippen LogP contribution is -2.42. The van der Waals surface area contributed by atoms with Crippen LogP contribution in [0.25, 0.3) is 0 Å². The first-order valence-electron chi connectivity index (χ1n) is 4.69. The predicted molar refractivity (Wildman–Crippen MR) is 53.7 cm³/mol. The molecule has 0 rings (SSSR count). The van der Waals surface area contributed by atoms with Gasteiger partial charge in [-0.1, -0.05) is 6.92 Å². The van der Waals surface area contributed by atoms with Crippen molar-refractivity contribution in [3.05, 3.63) is 0 Å². The van der Waals surface area contributed by atoms with Crippen LogP contribution in [0.1, 0.15) is 13.8 Å². The molecule has 0 saturated heterocycles. The first kappa shape index (κ1) is 13.4. The third-order valence-electron chi connectivity index (χ3n) is 2.07. The van der Waals surface area contributed by atoms with Crippen molar-refractivity contribution in [2.75, 3.05) is 20.3 Å². The molecule has 0 aliphatic rings. The van der Waals surface area contributed by atoms with Crippen molar-refractivity contribution >= 4 is 5.91 Å². The van der Waals surface area contributed by atoms with Crippen LogP contribution >= 0.6 is 0 Å². The van der Waals surface area contributed by atoms with Gasteiger partial charge in [0.25, 0.3) is 0 Å². The second-order valence-corrected chi connectivity index (χ2v) is 3.50. The van der Waals surface area contributed by atoms with E-state index in [1.807, 2.05) is 0 Å². The van der Waals surface area contributed by atoms with Gasteiger partial charge in [-0.2, -0.15) is 0 Å². The zero-order valence-electron chi connectivity index (χ0n) is 8.99. The zero-order chi connectivity index (χ0) is 11.1. The number of methoxy groups -OCH3 is 1. The molecule has 5 nitrogen and oxygen atoms in total. The number of hydrogen-bond donors (Lipinski definition) is 3. The normalized spacial score (nSPS) is 17.2. The SMILES string of the molecule is COCC(O)CNC(=O)C(C)C(C)N. The highest BCUT2D eigenvalue weighted by atomic mass is 16.5. The minimum Gasteiger partial charge on any atom is -0.389 e. The first-order chi connectivity index (χ1) is 6.49. The Balaban J connectivity index is 3.73. The average Bonchev–Trinajstić information content (AvgIpc) is 2.13. The molecule has 3 unspecified atom stereocenters. The van der Waals surface area contributed by atoms with Crippen molar-refractivity contribution < 1.29 is 14.6 Å². The third-order valence-corrected chi connectivity index (χ3v) is 2.07. The van der Waals surface area contributed by atoms with Gasteiger partial charge in [0.15, 0.2) is 0 Å². The van der Waals surface area contributed by atoms with Gasteiger partial charge in [-0.25, -0.2) is 0 Å². The Kier molecular flexibility index (Phi) is 6.44. The Morgan fingerprint density at radius 1 is 1.57 bits per heavy atom. The molecule has 0 radical (unpaired) electrons. The molecule has 0 bridgehead atoms. The van der Waals surface area contributed by atoms with E-state index >= 15 is 0 Å². The number of amides is 1. The maximum absolute atomic E-state index is 11.4. The minimum atomic E-state index is -0.663. The van der Waals surface area contributed by atoms with E-state index in [2.05, 4.69) is 5.32 Å². The van der Waals surface area contributed by atoms with E-state index < -0.39 is 6.10 Å². The average molecular weight is 204 g/mol. The number of hydrogen-bond acceptors (Lipinski definition) is 4. The number of nitrogens with one attached hydrogen (secondary N) is 1. The van der Waals surface area contributed by atoms with E-state index in [9.17, 15) is 9.90 Å². The quantitative estimate of drug-likeness (QED) is 0.523. The first-order valence-corrected chi connectivity index (χ1v) is 4.69. The van der Waals surface area contributed by atoms with Crippen LogP contribution in [0, 0.1) is 5.92 Å². The molecule has 14 heavy (non-hydrogen) atoms. The highest BCUT2D eigenvalue weighted by Crippen LogP contribution is 1.99. The van der Waals surface area contributed by atoms with Gasteiger partial charge in [-0.3, -0.25) is 4.79 Å². The summed E-state index contributed by atoms with van der Waals surface area (Å²) in [5, 5.41) is 11.8. The molecule has 0 fully saturated rings. The van der Waals surface area contributed by atoms with Crippen molar-refractivity contribution in [2.24, 2.45) is 11.7 Å². The molecular formula is C9H20N2O3. The number of carbonyl (C=O) groups excluding carboxylic acids is 1. The number of aliphatic hydroxyl groups excluding tert-OH is 1. The fourth-order valence-corrected chi connectivity index (χ4v) is 0.869. The molecule has 0 aliphatic carbocycles. The van der Waals surface area contributed by atoms with Gasteiger partial charge in [-0.15, -0.1) is 0 Å². The molecule has 0 aliphatic heterocycles. The molecule has 84 valence electrons. The number of nitrogens with two attached hydrogens (primary N) is 1. The second-order valence-electron chi connectivity index (χ2n) is 3.50. The lowest BCUT2D eigenvalue weighted by atomic mass is 10.0. The summed E-state index contributed by atoms with van der Waals surface area (Å²) < 4.78 is 4.72. The smallest absolute Gasteiger partial charge is 0.224 e. The molecule has 0 aromatic carbocycles. The lowest BCUT2D eigenvalue weighted by Gasteiger charge is -2.17. The summed E-state index contributed by atoms with van der Waals surface area (Å²) in [4.78, 5) is 11.4. The van der Waals surface area contributed by atoms with Gasteiger partial charge in [0.05, 0.1) is 12.7 Å². The monoisotopic (exact) mass is 204 g/mol. The van der Waals surface area contributed by atoms with E-state index in [-0.39, 0.29) is 31.0 Å². The Morgan fingerprint density at radius 2 is 2.14 bits per heavy atom. The van der Waals surface area contributed by atoms with Gasteiger partial charge >= 0.3 is 0 Å². The van der Waals surface area contributed by atoms with Crippen molar-refractivity contribution in [1.82, 2.24) is 5.32 Å². The molecule has 0 heterocycles. The predicted octanol–water partition coefficient (Wildman–Crippen LogP) is -0.907. The molecule has 1 amide bonds. The molecule has 3 atom stereocenters. The van der Waals surface area contributed by atoms with Crippen molar-refractivity contribution in [3.63, 3.8) is 0 Å². The summed E-state index contributed by atoms with van der Waals surface area (Å²) >= 11 is 0. The van der Waals surface area contributed by atoms with E-state index in [0.717, 1.165) is 0 Å². The van der Waals surface area contributed by atoms with Gasteiger partial charge < -0.3 is 20.9 Å². The molecule has 0 aromatic heterocycles.